The highest BCUT2D eigenvalue weighted by molar-refractivity contribution is 5.25. The molecule has 82 valence electrons. The number of aromatic nitrogens is 1. The molecule has 0 N–H and O–H groups in total. The van der Waals surface area contributed by atoms with Crippen molar-refractivity contribution in [2.75, 3.05) is 0 Å². The normalized spacial score (nSPS) is 15.4. The molecule has 0 unspecified atom stereocenters. The molecular formula is C14H21N. The van der Waals surface area contributed by atoms with Crippen LogP contribution in [0.25, 0.3) is 0 Å². The monoisotopic (exact) mass is 203 g/mol. The van der Waals surface area contributed by atoms with Gasteiger partial charge in [-0.25, -0.2) is 0 Å². The molecule has 15 heavy (non-hydrogen) atoms. The average Bonchev–Trinajstić information content (AvgIpc) is 2.26. The van der Waals surface area contributed by atoms with E-state index in [0.717, 1.165) is 12.3 Å². The van der Waals surface area contributed by atoms with Crippen LogP contribution < -0.4 is 0 Å². The molecule has 1 aliphatic carbocycles. The Labute approximate surface area is 92.9 Å². The number of nitrogens with zero attached hydrogens (tertiary/aromatic N) is 1. The molecule has 0 saturated heterocycles. The molecule has 1 aromatic rings. The molecule has 1 aliphatic rings. The standard InChI is InChI=1S/C14H21N/c1-11(2)7-9-13-10-8-12-5-3-4-6-14(12)15-13/h8,10-11H,3-7,9H2,1-2H3. The van der Waals surface area contributed by atoms with Crippen LogP contribution in [0.4, 0.5) is 0 Å². The third-order valence-electron chi connectivity index (χ3n) is 3.21. The van der Waals surface area contributed by atoms with Gasteiger partial charge < -0.3 is 0 Å². The van der Waals surface area contributed by atoms with Gasteiger partial charge in [-0.05, 0) is 56.1 Å². The average molecular weight is 203 g/mol. The molecule has 0 fully saturated rings. The second-order valence-electron chi connectivity index (χ2n) is 5.05. The SMILES string of the molecule is CC(C)CCc1ccc2c(n1)CCCC2. The molecule has 0 atom stereocenters. The number of rotatable bonds is 3. The van der Waals surface area contributed by atoms with Crippen molar-refractivity contribution < 1.29 is 0 Å². The summed E-state index contributed by atoms with van der Waals surface area (Å²) in [5.41, 5.74) is 4.17. The summed E-state index contributed by atoms with van der Waals surface area (Å²) in [6, 6.07) is 4.53. The minimum absolute atomic E-state index is 0.780. The lowest BCUT2D eigenvalue weighted by atomic mass is 9.95. The molecule has 0 radical (unpaired) electrons. The highest BCUT2D eigenvalue weighted by Crippen LogP contribution is 2.20. The Balaban J connectivity index is 2.07. The first kappa shape index (κ1) is 10.7. The van der Waals surface area contributed by atoms with E-state index in [4.69, 9.17) is 4.98 Å². The Hall–Kier alpha value is -0.850. The molecule has 2 rings (SSSR count). The van der Waals surface area contributed by atoms with Gasteiger partial charge in [0.1, 0.15) is 0 Å². The minimum Gasteiger partial charge on any atom is -0.258 e. The van der Waals surface area contributed by atoms with Crippen LogP contribution in [0, 0.1) is 5.92 Å². The number of pyridine rings is 1. The van der Waals surface area contributed by atoms with Crippen molar-refractivity contribution >= 4 is 0 Å². The van der Waals surface area contributed by atoms with E-state index in [-0.39, 0.29) is 0 Å². The largest absolute Gasteiger partial charge is 0.258 e. The van der Waals surface area contributed by atoms with Gasteiger partial charge in [0.25, 0.3) is 0 Å². The van der Waals surface area contributed by atoms with Crippen molar-refractivity contribution in [3.8, 4) is 0 Å². The predicted molar refractivity (Wildman–Crippen MR) is 64.0 cm³/mol. The Bertz CT molecular complexity index is 328. The number of hydrogen-bond donors (Lipinski definition) is 0. The van der Waals surface area contributed by atoms with Crippen LogP contribution >= 0.6 is 0 Å². The van der Waals surface area contributed by atoms with Crippen molar-refractivity contribution in [2.24, 2.45) is 5.92 Å². The Morgan fingerprint density at radius 1 is 1.20 bits per heavy atom. The van der Waals surface area contributed by atoms with Crippen LogP contribution in [0.1, 0.15) is 50.1 Å². The summed E-state index contributed by atoms with van der Waals surface area (Å²) in [5, 5.41) is 0. The van der Waals surface area contributed by atoms with Gasteiger partial charge >= 0.3 is 0 Å². The highest BCUT2D eigenvalue weighted by atomic mass is 14.7. The van der Waals surface area contributed by atoms with Crippen LogP contribution in [-0.4, -0.2) is 4.98 Å². The summed E-state index contributed by atoms with van der Waals surface area (Å²) in [4.78, 5) is 4.79. The fraction of sp³-hybridized carbons (Fsp3) is 0.643. The van der Waals surface area contributed by atoms with Gasteiger partial charge in [0.15, 0.2) is 0 Å². The van der Waals surface area contributed by atoms with E-state index in [1.54, 1.807) is 0 Å². The Kier molecular flexibility index (Phi) is 3.40. The van der Waals surface area contributed by atoms with Crippen LogP contribution in [-0.2, 0) is 19.3 Å². The third-order valence-corrected chi connectivity index (χ3v) is 3.21. The molecule has 0 amide bonds. The second-order valence-corrected chi connectivity index (χ2v) is 5.05. The van der Waals surface area contributed by atoms with Crippen LogP contribution in [0.2, 0.25) is 0 Å². The van der Waals surface area contributed by atoms with E-state index in [0.29, 0.717) is 0 Å². The molecule has 0 aromatic carbocycles. The van der Waals surface area contributed by atoms with Crippen molar-refractivity contribution in [2.45, 2.75) is 52.4 Å². The molecule has 1 aromatic heterocycles. The number of fused-ring (bicyclic) bond motifs is 1. The predicted octanol–water partition coefficient (Wildman–Crippen LogP) is 3.55. The molecule has 0 saturated carbocycles. The van der Waals surface area contributed by atoms with Crippen molar-refractivity contribution in [1.29, 1.82) is 0 Å². The molecule has 1 heterocycles. The van der Waals surface area contributed by atoms with Crippen molar-refractivity contribution in [3.05, 3.63) is 29.1 Å². The third kappa shape index (κ3) is 2.80. The van der Waals surface area contributed by atoms with E-state index in [1.807, 2.05) is 0 Å². The minimum atomic E-state index is 0.780. The Morgan fingerprint density at radius 2 is 2.00 bits per heavy atom. The zero-order valence-electron chi connectivity index (χ0n) is 9.92. The lowest BCUT2D eigenvalue weighted by molar-refractivity contribution is 0.577. The summed E-state index contributed by atoms with van der Waals surface area (Å²) >= 11 is 0. The maximum atomic E-state index is 4.79. The van der Waals surface area contributed by atoms with Gasteiger partial charge in [-0.3, -0.25) is 4.98 Å². The number of aryl methyl sites for hydroxylation is 3. The van der Waals surface area contributed by atoms with E-state index in [9.17, 15) is 0 Å². The van der Waals surface area contributed by atoms with Gasteiger partial charge in [0, 0.05) is 11.4 Å². The highest BCUT2D eigenvalue weighted by Gasteiger charge is 2.10. The van der Waals surface area contributed by atoms with Crippen molar-refractivity contribution in [3.63, 3.8) is 0 Å². The molecule has 0 bridgehead atoms. The summed E-state index contributed by atoms with van der Waals surface area (Å²) in [6.07, 6.45) is 7.52. The fourth-order valence-electron chi connectivity index (χ4n) is 2.20. The summed E-state index contributed by atoms with van der Waals surface area (Å²) in [7, 11) is 0. The van der Waals surface area contributed by atoms with E-state index in [1.165, 1.54) is 49.1 Å². The number of hydrogen-bond acceptors (Lipinski definition) is 1. The van der Waals surface area contributed by atoms with Gasteiger partial charge in [-0.2, -0.15) is 0 Å². The molecular weight excluding hydrogens is 182 g/mol. The fourth-order valence-corrected chi connectivity index (χ4v) is 2.20. The molecule has 0 spiro atoms. The van der Waals surface area contributed by atoms with E-state index < -0.39 is 0 Å². The maximum absolute atomic E-state index is 4.79. The first-order chi connectivity index (χ1) is 7.25. The summed E-state index contributed by atoms with van der Waals surface area (Å²) < 4.78 is 0. The lowest BCUT2D eigenvalue weighted by Crippen LogP contribution is -2.07. The summed E-state index contributed by atoms with van der Waals surface area (Å²) in [6.45, 7) is 4.55. The first-order valence-electron chi connectivity index (χ1n) is 6.23. The quantitative estimate of drug-likeness (QED) is 0.732. The van der Waals surface area contributed by atoms with Gasteiger partial charge in [0.2, 0.25) is 0 Å². The second kappa shape index (κ2) is 4.78. The zero-order chi connectivity index (χ0) is 10.7. The van der Waals surface area contributed by atoms with Crippen LogP contribution in [0.5, 0.6) is 0 Å². The molecule has 1 heteroatoms. The Morgan fingerprint density at radius 3 is 2.80 bits per heavy atom. The lowest BCUT2D eigenvalue weighted by Gasteiger charge is -2.15. The molecule has 1 nitrogen and oxygen atoms in total. The smallest absolute Gasteiger partial charge is 0.0438 e. The van der Waals surface area contributed by atoms with E-state index >= 15 is 0 Å². The van der Waals surface area contributed by atoms with Crippen molar-refractivity contribution in [1.82, 2.24) is 4.98 Å². The summed E-state index contributed by atoms with van der Waals surface area (Å²) in [5.74, 6) is 0.780. The van der Waals surface area contributed by atoms with Gasteiger partial charge in [-0.1, -0.05) is 19.9 Å². The van der Waals surface area contributed by atoms with Gasteiger partial charge in [0.05, 0.1) is 0 Å². The topological polar surface area (TPSA) is 12.9 Å². The molecule has 0 aliphatic heterocycles. The van der Waals surface area contributed by atoms with Crippen LogP contribution in [0.3, 0.4) is 0 Å². The first-order valence-corrected chi connectivity index (χ1v) is 6.23. The van der Waals surface area contributed by atoms with Gasteiger partial charge in [-0.15, -0.1) is 0 Å². The zero-order valence-corrected chi connectivity index (χ0v) is 9.92. The van der Waals surface area contributed by atoms with Crippen LogP contribution in [0.15, 0.2) is 12.1 Å². The van der Waals surface area contributed by atoms with E-state index in [2.05, 4.69) is 26.0 Å². The maximum Gasteiger partial charge on any atom is 0.0438 e.